The Bertz CT molecular complexity index is 983. The highest BCUT2D eigenvalue weighted by molar-refractivity contribution is 14.0. The smallest absolute Gasteiger partial charge is 0.276 e. The van der Waals surface area contributed by atoms with Crippen molar-refractivity contribution < 1.29 is 13.7 Å². The van der Waals surface area contributed by atoms with E-state index in [-0.39, 0.29) is 35.8 Å². The molecule has 0 aliphatic carbocycles. The third kappa shape index (κ3) is 6.88. The van der Waals surface area contributed by atoms with Crippen molar-refractivity contribution >= 4 is 29.9 Å². The third-order valence-electron chi connectivity index (χ3n) is 4.33. The van der Waals surface area contributed by atoms with E-state index in [1.807, 2.05) is 38.1 Å². The van der Waals surface area contributed by atoms with E-state index >= 15 is 0 Å². The Hall–Kier alpha value is -2.76. The molecule has 0 bridgehead atoms. The van der Waals surface area contributed by atoms with Crippen molar-refractivity contribution in [3.05, 3.63) is 59.8 Å². The maximum atomic E-state index is 14.0. The molecular formula is C21H26FIN6O2. The molecule has 3 rings (SSSR count). The van der Waals surface area contributed by atoms with Crippen LogP contribution in [-0.4, -0.2) is 41.3 Å². The van der Waals surface area contributed by atoms with Crippen LogP contribution in [0.15, 0.2) is 52.1 Å². The lowest BCUT2D eigenvalue weighted by Crippen LogP contribution is -2.39. The molecule has 0 saturated carbocycles. The van der Waals surface area contributed by atoms with Crippen LogP contribution in [0.4, 0.5) is 4.39 Å². The Labute approximate surface area is 197 Å². The number of guanidine groups is 1. The van der Waals surface area contributed by atoms with Crippen LogP contribution in [0.3, 0.4) is 0 Å². The predicted octanol–water partition coefficient (Wildman–Crippen LogP) is 3.76. The van der Waals surface area contributed by atoms with Crippen LogP contribution in [0.25, 0.3) is 11.6 Å². The second-order valence-corrected chi connectivity index (χ2v) is 6.50. The lowest BCUT2D eigenvalue weighted by atomic mass is 10.1. The van der Waals surface area contributed by atoms with Crippen LogP contribution < -0.4 is 15.4 Å². The molecule has 0 aliphatic heterocycles. The molecule has 31 heavy (non-hydrogen) atoms. The van der Waals surface area contributed by atoms with Crippen molar-refractivity contribution in [2.45, 2.75) is 26.3 Å². The van der Waals surface area contributed by atoms with Gasteiger partial charge in [0.05, 0.1) is 13.2 Å². The minimum Gasteiger partial charge on any atom is -0.494 e. The fourth-order valence-corrected chi connectivity index (χ4v) is 2.78. The number of halogens is 2. The number of aromatic nitrogens is 3. The summed E-state index contributed by atoms with van der Waals surface area (Å²) >= 11 is 0. The number of hydrogen-bond donors (Lipinski definition) is 2. The molecule has 166 valence electrons. The zero-order valence-electron chi connectivity index (χ0n) is 17.6. The topological polar surface area (TPSA) is 97.5 Å². The summed E-state index contributed by atoms with van der Waals surface area (Å²) < 4.78 is 24.2. The fourth-order valence-electron chi connectivity index (χ4n) is 2.78. The molecule has 0 spiro atoms. The molecule has 2 N–H and O–H groups in total. The van der Waals surface area contributed by atoms with Gasteiger partial charge >= 0.3 is 0 Å². The second kappa shape index (κ2) is 12.2. The summed E-state index contributed by atoms with van der Waals surface area (Å²) in [5.74, 6) is 1.38. The van der Waals surface area contributed by atoms with Crippen molar-refractivity contribution in [2.24, 2.45) is 4.99 Å². The number of nitrogens with one attached hydrogen (secondary N) is 2. The molecule has 1 unspecified atom stereocenters. The van der Waals surface area contributed by atoms with Gasteiger partial charge in [-0.25, -0.2) is 4.39 Å². The first-order valence-electron chi connectivity index (χ1n) is 9.73. The van der Waals surface area contributed by atoms with Gasteiger partial charge in [0, 0.05) is 25.7 Å². The molecule has 2 heterocycles. The number of hydrogen-bond acceptors (Lipinski definition) is 6. The molecule has 1 aromatic carbocycles. The molecule has 1 atom stereocenters. The van der Waals surface area contributed by atoms with E-state index in [1.165, 1.54) is 13.2 Å². The Kier molecular flexibility index (Phi) is 9.63. The van der Waals surface area contributed by atoms with Crippen LogP contribution in [-0.2, 0) is 6.42 Å². The number of methoxy groups -OCH3 is 1. The molecule has 3 aromatic rings. The quantitative estimate of drug-likeness (QED) is 0.255. The van der Waals surface area contributed by atoms with Crippen LogP contribution in [0.1, 0.15) is 31.3 Å². The van der Waals surface area contributed by atoms with Crippen molar-refractivity contribution in [1.82, 2.24) is 25.8 Å². The monoisotopic (exact) mass is 540 g/mol. The van der Waals surface area contributed by atoms with E-state index in [0.717, 1.165) is 5.56 Å². The Morgan fingerprint density at radius 3 is 2.81 bits per heavy atom. The van der Waals surface area contributed by atoms with Gasteiger partial charge in [-0.1, -0.05) is 17.3 Å². The molecule has 0 radical (unpaired) electrons. The maximum Gasteiger partial charge on any atom is 0.276 e. The van der Waals surface area contributed by atoms with E-state index < -0.39 is 5.82 Å². The van der Waals surface area contributed by atoms with E-state index in [0.29, 0.717) is 42.9 Å². The molecule has 8 nitrogen and oxygen atoms in total. The highest BCUT2D eigenvalue weighted by atomic mass is 127. The lowest BCUT2D eigenvalue weighted by molar-refractivity contribution is 0.386. The molecular weight excluding hydrogens is 514 g/mol. The first kappa shape index (κ1) is 24.5. The second-order valence-electron chi connectivity index (χ2n) is 6.50. The van der Waals surface area contributed by atoms with Gasteiger partial charge < -0.3 is 19.9 Å². The highest BCUT2D eigenvalue weighted by Gasteiger charge is 2.12. The van der Waals surface area contributed by atoms with Crippen molar-refractivity contribution in [1.29, 1.82) is 0 Å². The van der Waals surface area contributed by atoms with Crippen LogP contribution >= 0.6 is 24.0 Å². The van der Waals surface area contributed by atoms with Gasteiger partial charge in [0.15, 0.2) is 23.4 Å². The number of pyridine rings is 1. The van der Waals surface area contributed by atoms with E-state index in [2.05, 4.69) is 30.8 Å². The standard InChI is InChI=1S/C21H25FN6O2.HI/c1-4-23-21(26-14(2)15-8-9-18(29-3)16(22)13-15)25-12-10-19-27-20(30-28-19)17-7-5-6-11-24-17;/h5-9,11,13-14H,4,10,12H2,1-3H3,(H2,23,25,26);1H. The summed E-state index contributed by atoms with van der Waals surface area (Å²) in [6.45, 7) is 5.07. The number of rotatable bonds is 8. The van der Waals surface area contributed by atoms with Gasteiger partial charge in [0.25, 0.3) is 5.89 Å². The van der Waals surface area contributed by atoms with E-state index in [9.17, 15) is 4.39 Å². The summed E-state index contributed by atoms with van der Waals surface area (Å²) in [6.07, 6.45) is 2.19. The largest absolute Gasteiger partial charge is 0.494 e. The average Bonchev–Trinajstić information content (AvgIpc) is 3.23. The summed E-state index contributed by atoms with van der Waals surface area (Å²) in [7, 11) is 1.44. The van der Waals surface area contributed by atoms with Crippen molar-refractivity contribution in [3.63, 3.8) is 0 Å². The summed E-state index contributed by atoms with van der Waals surface area (Å²) in [5, 5.41) is 10.4. The van der Waals surface area contributed by atoms with Gasteiger partial charge in [-0.2, -0.15) is 4.98 Å². The van der Waals surface area contributed by atoms with E-state index in [1.54, 1.807) is 12.3 Å². The first-order chi connectivity index (χ1) is 14.6. The van der Waals surface area contributed by atoms with Crippen LogP contribution in [0, 0.1) is 5.82 Å². The zero-order valence-corrected chi connectivity index (χ0v) is 20.0. The molecule has 0 aliphatic rings. The number of benzene rings is 1. The van der Waals surface area contributed by atoms with E-state index in [4.69, 9.17) is 9.26 Å². The minimum absolute atomic E-state index is 0. The first-order valence-corrected chi connectivity index (χ1v) is 9.73. The predicted molar refractivity (Wildman–Crippen MR) is 127 cm³/mol. The van der Waals surface area contributed by atoms with Gasteiger partial charge in [0.2, 0.25) is 0 Å². The van der Waals surface area contributed by atoms with Crippen LogP contribution in [0.5, 0.6) is 5.75 Å². The Morgan fingerprint density at radius 2 is 2.13 bits per heavy atom. The van der Waals surface area contributed by atoms with Crippen molar-refractivity contribution in [3.8, 4) is 17.3 Å². The number of aliphatic imine (C=N–C) groups is 1. The average molecular weight is 540 g/mol. The van der Waals surface area contributed by atoms with Gasteiger partial charge in [-0.05, 0) is 43.7 Å². The lowest BCUT2D eigenvalue weighted by Gasteiger charge is -2.18. The van der Waals surface area contributed by atoms with Gasteiger partial charge in [0.1, 0.15) is 5.69 Å². The van der Waals surface area contributed by atoms with Gasteiger partial charge in [-0.3, -0.25) is 9.98 Å². The number of nitrogens with zero attached hydrogens (tertiary/aromatic N) is 4. The fraction of sp³-hybridized carbons (Fsp3) is 0.333. The third-order valence-corrected chi connectivity index (χ3v) is 4.33. The summed E-state index contributed by atoms with van der Waals surface area (Å²) in [4.78, 5) is 13.1. The molecule has 0 amide bonds. The molecule has 0 fully saturated rings. The number of ether oxygens (including phenoxy) is 1. The summed E-state index contributed by atoms with van der Waals surface area (Å²) in [5.41, 5.74) is 1.42. The normalized spacial score (nSPS) is 12.1. The molecule has 0 saturated heterocycles. The summed E-state index contributed by atoms with van der Waals surface area (Å²) in [6, 6.07) is 10.2. The zero-order chi connectivity index (χ0) is 21.3. The Morgan fingerprint density at radius 1 is 1.29 bits per heavy atom. The molecule has 10 heteroatoms. The molecule has 2 aromatic heterocycles. The maximum absolute atomic E-state index is 14.0. The minimum atomic E-state index is -0.397. The van der Waals surface area contributed by atoms with Crippen molar-refractivity contribution in [2.75, 3.05) is 20.2 Å². The Balaban J connectivity index is 0.00000341. The van der Waals surface area contributed by atoms with Crippen LogP contribution in [0.2, 0.25) is 0 Å². The van der Waals surface area contributed by atoms with Gasteiger partial charge in [-0.15, -0.1) is 24.0 Å². The highest BCUT2D eigenvalue weighted by Crippen LogP contribution is 2.21. The SMILES string of the molecule is CCNC(=NCCc1noc(-c2ccccn2)n1)NC(C)c1ccc(OC)c(F)c1.I.